The topological polar surface area (TPSA) is 32.3 Å². The number of nitrogens with zero attached hydrogens (tertiary/aromatic N) is 1. The van der Waals surface area contributed by atoms with Crippen molar-refractivity contribution in [1.82, 2.24) is 10.2 Å². The Kier molecular flexibility index (Phi) is 6.24. The van der Waals surface area contributed by atoms with Gasteiger partial charge in [-0.05, 0) is 37.3 Å². The molecule has 3 nitrogen and oxygen atoms in total. The first-order chi connectivity index (χ1) is 12.2. The Labute approximate surface area is 151 Å². The van der Waals surface area contributed by atoms with E-state index in [4.69, 9.17) is 0 Å². The third kappa shape index (κ3) is 5.71. The van der Waals surface area contributed by atoms with Crippen LogP contribution < -0.4 is 5.32 Å². The molecule has 1 aliphatic rings. The Balaban J connectivity index is 1.36. The molecular formula is C22H28N2O. The van der Waals surface area contributed by atoms with Crippen LogP contribution in [0.4, 0.5) is 0 Å². The van der Waals surface area contributed by atoms with Crippen LogP contribution in [0.15, 0.2) is 54.6 Å². The Morgan fingerprint density at radius 1 is 1.00 bits per heavy atom. The van der Waals surface area contributed by atoms with E-state index in [1.807, 2.05) is 0 Å². The van der Waals surface area contributed by atoms with Crippen molar-refractivity contribution in [2.45, 2.75) is 45.2 Å². The van der Waals surface area contributed by atoms with Crippen LogP contribution >= 0.6 is 0 Å². The number of hydrogen-bond donors (Lipinski definition) is 1. The largest absolute Gasteiger partial charge is 0.353 e. The number of likely N-dealkylation sites (tertiary alicyclic amines) is 1. The first-order valence-electron chi connectivity index (χ1n) is 9.30. The van der Waals surface area contributed by atoms with Crippen molar-refractivity contribution in [2.24, 2.45) is 0 Å². The monoisotopic (exact) mass is 336 g/mol. The van der Waals surface area contributed by atoms with E-state index in [0.717, 1.165) is 38.9 Å². The van der Waals surface area contributed by atoms with Crippen LogP contribution in [0.2, 0.25) is 0 Å². The van der Waals surface area contributed by atoms with E-state index in [1.54, 1.807) is 0 Å². The molecule has 0 radical (unpaired) electrons. The molecule has 1 fully saturated rings. The summed E-state index contributed by atoms with van der Waals surface area (Å²) >= 11 is 0. The standard InChI is InChI=1S/C22H28N2O/c1-18-7-9-19(10-8-18)11-12-22(25)23-21-13-15-24(16-14-21)17-20-5-3-2-4-6-20/h2-10,21H,11-17H2,1H3,(H,23,25). The molecule has 25 heavy (non-hydrogen) atoms. The van der Waals surface area contributed by atoms with E-state index >= 15 is 0 Å². The predicted molar refractivity (Wildman–Crippen MR) is 102 cm³/mol. The number of nitrogens with one attached hydrogen (secondary N) is 1. The highest BCUT2D eigenvalue weighted by Crippen LogP contribution is 2.14. The average molecular weight is 336 g/mol. The Bertz CT molecular complexity index is 658. The van der Waals surface area contributed by atoms with Crippen LogP contribution in [0.1, 0.15) is 36.0 Å². The summed E-state index contributed by atoms with van der Waals surface area (Å²) in [6.07, 6.45) is 3.48. The van der Waals surface area contributed by atoms with E-state index in [0.29, 0.717) is 12.5 Å². The van der Waals surface area contributed by atoms with E-state index in [9.17, 15) is 4.79 Å². The predicted octanol–water partition coefficient (Wildman–Crippen LogP) is 3.71. The highest BCUT2D eigenvalue weighted by Gasteiger charge is 2.20. The van der Waals surface area contributed by atoms with Crippen molar-refractivity contribution in [2.75, 3.05) is 13.1 Å². The molecule has 3 heteroatoms. The zero-order valence-corrected chi connectivity index (χ0v) is 15.1. The van der Waals surface area contributed by atoms with Gasteiger partial charge in [-0.1, -0.05) is 60.2 Å². The van der Waals surface area contributed by atoms with Crippen LogP contribution in [-0.4, -0.2) is 29.9 Å². The van der Waals surface area contributed by atoms with Crippen molar-refractivity contribution >= 4 is 5.91 Å². The molecule has 1 N–H and O–H groups in total. The summed E-state index contributed by atoms with van der Waals surface area (Å²) in [4.78, 5) is 14.7. The minimum Gasteiger partial charge on any atom is -0.353 e. The van der Waals surface area contributed by atoms with Crippen molar-refractivity contribution in [3.63, 3.8) is 0 Å². The van der Waals surface area contributed by atoms with Crippen molar-refractivity contribution in [3.05, 3.63) is 71.3 Å². The van der Waals surface area contributed by atoms with Gasteiger partial charge in [0.1, 0.15) is 0 Å². The molecular weight excluding hydrogens is 308 g/mol. The maximum Gasteiger partial charge on any atom is 0.220 e. The summed E-state index contributed by atoms with van der Waals surface area (Å²) in [6, 6.07) is 19.4. The number of benzene rings is 2. The molecule has 132 valence electrons. The van der Waals surface area contributed by atoms with Gasteiger partial charge >= 0.3 is 0 Å². The molecule has 0 unspecified atom stereocenters. The summed E-state index contributed by atoms with van der Waals surface area (Å²) < 4.78 is 0. The van der Waals surface area contributed by atoms with Crippen molar-refractivity contribution in [3.8, 4) is 0 Å². The average Bonchev–Trinajstić information content (AvgIpc) is 2.64. The molecule has 0 saturated carbocycles. The fraction of sp³-hybridized carbons (Fsp3) is 0.409. The number of piperidine rings is 1. The first kappa shape index (κ1) is 17.7. The van der Waals surface area contributed by atoms with Gasteiger partial charge in [0.25, 0.3) is 0 Å². The summed E-state index contributed by atoms with van der Waals surface area (Å²) in [5.41, 5.74) is 3.86. The zero-order chi connectivity index (χ0) is 17.5. The fourth-order valence-corrected chi connectivity index (χ4v) is 3.39. The van der Waals surface area contributed by atoms with Gasteiger partial charge in [-0.3, -0.25) is 9.69 Å². The van der Waals surface area contributed by atoms with Gasteiger partial charge in [0.2, 0.25) is 5.91 Å². The maximum absolute atomic E-state index is 12.2. The number of amides is 1. The van der Waals surface area contributed by atoms with E-state index in [2.05, 4.69) is 71.7 Å². The molecule has 0 bridgehead atoms. The van der Waals surface area contributed by atoms with Gasteiger partial charge in [-0.15, -0.1) is 0 Å². The lowest BCUT2D eigenvalue weighted by Crippen LogP contribution is -2.44. The van der Waals surface area contributed by atoms with Gasteiger partial charge in [0.05, 0.1) is 0 Å². The van der Waals surface area contributed by atoms with Crippen LogP contribution in [0, 0.1) is 6.92 Å². The second-order valence-corrected chi connectivity index (χ2v) is 7.09. The molecule has 0 aromatic heterocycles. The number of hydrogen-bond acceptors (Lipinski definition) is 2. The second kappa shape index (κ2) is 8.82. The van der Waals surface area contributed by atoms with Crippen LogP contribution in [0.25, 0.3) is 0 Å². The maximum atomic E-state index is 12.2. The normalized spacial score (nSPS) is 15.9. The Morgan fingerprint density at radius 3 is 2.36 bits per heavy atom. The molecule has 1 amide bonds. The zero-order valence-electron chi connectivity index (χ0n) is 15.1. The lowest BCUT2D eigenvalue weighted by atomic mass is 10.0. The lowest BCUT2D eigenvalue weighted by molar-refractivity contribution is -0.122. The number of carbonyl (C=O) groups excluding carboxylic acids is 1. The van der Waals surface area contributed by atoms with E-state index in [-0.39, 0.29) is 5.91 Å². The van der Waals surface area contributed by atoms with Gasteiger partial charge in [0, 0.05) is 32.1 Å². The van der Waals surface area contributed by atoms with Crippen LogP contribution in [0.5, 0.6) is 0 Å². The molecule has 0 spiro atoms. The van der Waals surface area contributed by atoms with Crippen LogP contribution in [-0.2, 0) is 17.8 Å². The van der Waals surface area contributed by atoms with Gasteiger partial charge in [-0.25, -0.2) is 0 Å². The highest BCUT2D eigenvalue weighted by atomic mass is 16.1. The molecule has 1 saturated heterocycles. The molecule has 0 atom stereocenters. The van der Waals surface area contributed by atoms with Crippen LogP contribution in [0.3, 0.4) is 0 Å². The molecule has 0 aliphatic carbocycles. The molecule has 1 aliphatic heterocycles. The van der Waals surface area contributed by atoms with Gasteiger partial charge < -0.3 is 5.32 Å². The van der Waals surface area contributed by atoms with Crippen molar-refractivity contribution < 1.29 is 4.79 Å². The summed E-state index contributed by atoms with van der Waals surface area (Å²) in [6.45, 7) is 5.20. The van der Waals surface area contributed by atoms with Gasteiger partial charge in [0.15, 0.2) is 0 Å². The van der Waals surface area contributed by atoms with Gasteiger partial charge in [-0.2, -0.15) is 0 Å². The fourth-order valence-electron chi connectivity index (χ4n) is 3.39. The molecule has 3 rings (SSSR count). The number of aryl methyl sites for hydroxylation is 2. The Hall–Kier alpha value is -2.13. The molecule has 1 heterocycles. The van der Waals surface area contributed by atoms with E-state index < -0.39 is 0 Å². The lowest BCUT2D eigenvalue weighted by Gasteiger charge is -2.32. The molecule has 2 aromatic carbocycles. The third-order valence-electron chi connectivity index (χ3n) is 4.96. The minimum absolute atomic E-state index is 0.182. The number of rotatable bonds is 6. The first-order valence-corrected chi connectivity index (χ1v) is 9.30. The smallest absolute Gasteiger partial charge is 0.220 e. The second-order valence-electron chi connectivity index (χ2n) is 7.09. The SMILES string of the molecule is Cc1ccc(CCC(=O)NC2CCN(Cc3ccccc3)CC2)cc1. The Morgan fingerprint density at radius 2 is 1.68 bits per heavy atom. The quantitative estimate of drug-likeness (QED) is 0.872. The summed E-state index contributed by atoms with van der Waals surface area (Å²) in [7, 11) is 0. The third-order valence-corrected chi connectivity index (χ3v) is 4.96. The number of carbonyl (C=O) groups is 1. The summed E-state index contributed by atoms with van der Waals surface area (Å²) in [5, 5.41) is 3.22. The summed E-state index contributed by atoms with van der Waals surface area (Å²) in [5.74, 6) is 0.182. The van der Waals surface area contributed by atoms with Crippen molar-refractivity contribution in [1.29, 1.82) is 0 Å². The highest BCUT2D eigenvalue weighted by molar-refractivity contribution is 5.76. The minimum atomic E-state index is 0.182. The molecule has 2 aromatic rings. The van der Waals surface area contributed by atoms with E-state index in [1.165, 1.54) is 16.7 Å².